The first-order valence-corrected chi connectivity index (χ1v) is 11.4. The second-order valence-corrected chi connectivity index (χ2v) is 8.13. The molecule has 1 saturated heterocycles. The van der Waals surface area contributed by atoms with E-state index in [2.05, 4.69) is 26.3 Å². The number of alkyl halides is 3. The van der Waals surface area contributed by atoms with Crippen LogP contribution in [0.15, 0.2) is 60.8 Å². The maximum atomic E-state index is 13.7. The predicted molar refractivity (Wildman–Crippen MR) is 133 cm³/mol. The molecule has 4 N–H and O–H groups in total. The third-order valence-corrected chi connectivity index (χ3v) is 5.56. The number of nitrogens with one attached hydrogen (secondary N) is 4. The number of urea groups is 1. The Morgan fingerprint density at radius 3 is 2.30 bits per heavy atom. The Labute approximate surface area is 211 Å². The minimum atomic E-state index is -4.57. The highest BCUT2D eigenvalue weighted by molar-refractivity contribution is 6.00. The lowest BCUT2D eigenvalue weighted by atomic mass is 10.1. The molecule has 0 saturated carbocycles. The topological polar surface area (TPSA) is 108 Å². The largest absolute Gasteiger partial charge is 0.457 e. The lowest BCUT2D eigenvalue weighted by Crippen LogP contribution is -2.44. The maximum Gasteiger partial charge on any atom is 0.418 e. The van der Waals surface area contributed by atoms with Crippen molar-refractivity contribution >= 4 is 29.0 Å². The number of anilines is 3. The van der Waals surface area contributed by atoms with Crippen molar-refractivity contribution in [3.05, 3.63) is 72.1 Å². The van der Waals surface area contributed by atoms with Crippen molar-refractivity contribution in [2.45, 2.75) is 6.18 Å². The summed E-state index contributed by atoms with van der Waals surface area (Å²) < 4.78 is 46.9. The zero-order valence-corrected chi connectivity index (χ0v) is 19.9. The Balaban J connectivity index is 1.40. The number of aromatic nitrogens is 1. The van der Waals surface area contributed by atoms with E-state index in [0.29, 0.717) is 43.4 Å². The van der Waals surface area contributed by atoms with Gasteiger partial charge in [-0.1, -0.05) is 0 Å². The van der Waals surface area contributed by atoms with E-state index in [1.807, 2.05) is 0 Å². The Kier molecular flexibility index (Phi) is 7.77. The fraction of sp³-hybridized carbons (Fsp3) is 0.240. The van der Waals surface area contributed by atoms with Crippen molar-refractivity contribution in [2.75, 3.05) is 48.8 Å². The van der Waals surface area contributed by atoms with Crippen LogP contribution in [0.1, 0.15) is 16.1 Å². The number of carbonyl (C=O) groups excluding carboxylic acids is 2. The van der Waals surface area contributed by atoms with Gasteiger partial charge in [-0.25, -0.2) is 4.79 Å². The summed E-state index contributed by atoms with van der Waals surface area (Å²) in [5.74, 6) is 0.493. The van der Waals surface area contributed by atoms with Crippen LogP contribution in [-0.4, -0.2) is 50.1 Å². The van der Waals surface area contributed by atoms with Gasteiger partial charge in [-0.05, 0) is 48.5 Å². The van der Waals surface area contributed by atoms with Crippen LogP contribution in [0.2, 0.25) is 0 Å². The van der Waals surface area contributed by atoms with Gasteiger partial charge in [-0.2, -0.15) is 13.2 Å². The Hall–Kier alpha value is -4.32. The van der Waals surface area contributed by atoms with E-state index in [1.165, 1.54) is 31.4 Å². The monoisotopic (exact) mass is 514 g/mol. The van der Waals surface area contributed by atoms with E-state index >= 15 is 0 Å². The van der Waals surface area contributed by atoms with Gasteiger partial charge in [0, 0.05) is 62.6 Å². The molecule has 1 aliphatic heterocycles. The van der Waals surface area contributed by atoms with Crippen LogP contribution in [0.5, 0.6) is 11.5 Å². The molecule has 1 fully saturated rings. The normalized spacial score (nSPS) is 13.6. The van der Waals surface area contributed by atoms with Crippen molar-refractivity contribution < 1.29 is 27.5 Å². The minimum absolute atomic E-state index is 0.0215. The van der Waals surface area contributed by atoms with Gasteiger partial charge in [0.1, 0.15) is 17.2 Å². The summed E-state index contributed by atoms with van der Waals surface area (Å²) >= 11 is 0. The molecule has 0 bridgehead atoms. The van der Waals surface area contributed by atoms with Gasteiger partial charge in [-0.3, -0.25) is 9.78 Å². The van der Waals surface area contributed by atoms with Crippen molar-refractivity contribution in [1.29, 1.82) is 0 Å². The van der Waals surface area contributed by atoms with Crippen LogP contribution >= 0.6 is 0 Å². The molecule has 0 unspecified atom stereocenters. The van der Waals surface area contributed by atoms with Gasteiger partial charge in [0.05, 0.1) is 5.56 Å². The molecular formula is C25H25F3N6O3. The maximum absolute atomic E-state index is 13.7. The Morgan fingerprint density at radius 1 is 0.946 bits per heavy atom. The first-order valence-electron chi connectivity index (χ1n) is 11.4. The number of pyridine rings is 1. The van der Waals surface area contributed by atoms with Crippen molar-refractivity contribution in [1.82, 2.24) is 15.6 Å². The fourth-order valence-corrected chi connectivity index (χ4v) is 3.79. The summed E-state index contributed by atoms with van der Waals surface area (Å²) in [7, 11) is 1.50. The zero-order valence-electron chi connectivity index (χ0n) is 19.9. The summed E-state index contributed by atoms with van der Waals surface area (Å²) in [6, 6.07) is 12.5. The molecule has 2 aromatic carbocycles. The number of hydrogen-bond acceptors (Lipinski definition) is 6. The molecule has 12 heteroatoms. The van der Waals surface area contributed by atoms with Crippen molar-refractivity contribution in [2.24, 2.45) is 0 Å². The standard InChI is InChI=1S/C25H25F3N6O3/c1-29-23(35)21-15-19(8-9-31-21)37-18-5-2-16(3-6-18)32-24(36)33-17-4-7-22(20(14-17)25(26,27)28)34-12-10-30-11-13-34/h2-9,14-15,30H,10-13H2,1H3,(H,29,35)(H2,32,33,36). The van der Waals surface area contributed by atoms with Crippen LogP contribution in [0.25, 0.3) is 0 Å². The summed E-state index contributed by atoms with van der Waals surface area (Å²) in [6.45, 7) is 2.13. The molecule has 0 atom stereocenters. The minimum Gasteiger partial charge on any atom is -0.457 e. The van der Waals surface area contributed by atoms with Crippen LogP contribution in [0, 0.1) is 0 Å². The number of halogens is 3. The highest BCUT2D eigenvalue weighted by atomic mass is 19.4. The Morgan fingerprint density at radius 2 is 1.62 bits per heavy atom. The number of benzene rings is 2. The number of nitrogens with zero attached hydrogens (tertiary/aromatic N) is 2. The number of rotatable bonds is 6. The summed E-state index contributed by atoms with van der Waals surface area (Å²) in [6.07, 6.45) is -3.12. The smallest absolute Gasteiger partial charge is 0.418 e. The van der Waals surface area contributed by atoms with E-state index in [-0.39, 0.29) is 23.0 Å². The number of piperazine rings is 1. The fourth-order valence-electron chi connectivity index (χ4n) is 3.79. The van der Waals surface area contributed by atoms with E-state index in [9.17, 15) is 22.8 Å². The van der Waals surface area contributed by atoms with Crippen LogP contribution in [0.3, 0.4) is 0 Å². The molecular weight excluding hydrogens is 489 g/mol. The average Bonchev–Trinajstić information content (AvgIpc) is 2.89. The highest BCUT2D eigenvalue weighted by Crippen LogP contribution is 2.38. The molecule has 0 spiro atoms. The SMILES string of the molecule is CNC(=O)c1cc(Oc2ccc(NC(=O)Nc3ccc(N4CCNCC4)c(C(F)(F)F)c3)cc2)ccn1. The molecule has 9 nitrogen and oxygen atoms in total. The second kappa shape index (κ2) is 11.2. The summed E-state index contributed by atoms with van der Waals surface area (Å²) in [5, 5.41) is 10.6. The van der Waals surface area contributed by atoms with Gasteiger partial charge in [0.2, 0.25) is 0 Å². The molecule has 1 aliphatic rings. The lowest BCUT2D eigenvalue weighted by Gasteiger charge is -2.31. The van der Waals surface area contributed by atoms with Crippen molar-refractivity contribution in [3.8, 4) is 11.5 Å². The van der Waals surface area contributed by atoms with Crippen LogP contribution < -0.4 is 30.9 Å². The van der Waals surface area contributed by atoms with E-state index in [0.717, 1.165) is 6.07 Å². The Bertz CT molecular complexity index is 1260. The van der Waals surface area contributed by atoms with Crippen molar-refractivity contribution in [3.63, 3.8) is 0 Å². The van der Waals surface area contributed by atoms with Gasteiger partial charge < -0.3 is 30.9 Å². The van der Waals surface area contributed by atoms with Crippen LogP contribution in [0.4, 0.5) is 35.0 Å². The number of ether oxygens (including phenoxy) is 1. The number of amides is 3. The second-order valence-electron chi connectivity index (χ2n) is 8.13. The molecule has 194 valence electrons. The summed E-state index contributed by atoms with van der Waals surface area (Å²) in [4.78, 5) is 29.8. The molecule has 2 heterocycles. The molecule has 1 aromatic heterocycles. The zero-order chi connectivity index (χ0) is 26.4. The quantitative estimate of drug-likeness (QED) is 0.391. The molecule has 37 heavy (non-hydrogen) atoms. The van der Waals surface area contributed by atoms with Gasteiger partial charge in [0.15, 0.2) is 0 Å². The third-order valence-electron chi connectivity index (χ3n) is 5.56. The molecule has 0 radical (unpaired) electrons. The van der Waals surface area contributed by atoms with E-state index in [4.69, 9.17) is 4.74 Å². The van der Waals surface area contributed by atoms with Gasteiger partial charge >= 0.3 is 12.2 Å². The third kappa shape index (κ3) is 6.67. The van der Waals surface area contributed by atoms with E-state index in [1.54, 1.807) is 35.2 Å². The number of carbonyl (C=O) groups is 2. The summed E-state index contributed by atoms with van der Waals surface area (Å²) in [5.41, 5.74) is -0.0893. The molecule has 3 aromatic rings. The van der Waals surface area contributed by atoms with Gasteiger partial charge in [-0.15, -0.1) is 0 Å². The number of hydrogen-bond donors (Lipinski definition) is 4. The van der Waals surface area contributed by atoms with E-state index < -0.39 is 17.8 Å². The molecule has 0 aliphatic carbocycles. The molecule has 3 amide bonds. The first-order chi connectivity index (χ1) is 17.7. The van der Waals surface area contributed by atoms with Gasteiger partial charge in [0.25, 0.3) is 5.91 Å². The highest BCUT2D eigenvalue weighted by Gasteiger charge is 2.35. The molecule has 4 rings (SSSR count). The average molecular weight is 515 g/mol. The predicted octanol–water partition coefficient (Wildman–Crippen LogP) is 4.31. The van der Waals surface area contributed by atoms with Crippen LogP contribution in [-0.2, 0) is 6.18 Å². The lowest BCUT2D eigenvalue weighted by molar-refractivity contribution is -0.137. The first kappa shape index (κ1) is 25.8.